The third-order valence-electron chi connectivity index (χ3n) is 2.83. The number of halogens is 1. The lowest BCUT2D eigenvalue weighted by Gasteiger charge is -2.09. The first-order chi connectivity index (χ1) is 10.3. The van der Waals surface area contributed by atoms with Gasteiger partial charge in [-0.05, 0) is 30.7 Å². The molecule has 2 N–H and O–H groups in total. The van der Waals surface area contributed by atoms with Crippen LogP contribution in [-0.4, -0.2) is 28.8 Å². The molecule has 5 nitrogen and oxygen atoms in total. The third-order valence-corrected chi connectivity index (χ3v) is 2.83. The number of guanidine groups is 1. The summed E-state index contributed by atoms with van der Waals surface area (Å²) < 4.78 is 1.82. The van der Waals surface area contributed by atoms with E-state index in [1.54, 1.807) is 6.20 Å². The highest BCUT2D eigenvalue weighted by Crippen LogP contribution is 2.09. The fourth-order valence-electron chi connectivity index (χ4n) is 1.82. The topological polar surface area (TPSA) is 54.2 Å². The molecule has 1 heterocycles. The van der Waals surface area contributed by atoms with E-state index in [1.807, 2.05) is 48.1 Å². The van der Waals surface area contributed by atoms with Crippen molar-refractivity contribution >= 4 is 29.9 Å². The van der Waals surface area contributed by atoms with Crippen LogP contribution in [0.25, 0.3) is 5.69 Å². The van der Waals surface area contributed by atoms with Crippen molar-refractivity contribution in [3.8, 4) is 18.0 Å². The summed E-state index contributed by atoms with van der Waals surface area (Å²) in [5.74, 6) is 3.26. The van der Waals surface area contributed by atoms with Crippen LogP contribution < -0.4 is 10.6 Å². The summed E-state index contributed by atoms with van der Waals surface area (Å²) >= 11 is 0. The lowest BCUT2D eigenvalue weighted by atomic mass is 10.2. The highest BCUT2D eigenvalue weighted by atomic mass is 127. The van der Waals surface area contributed by atoms with E-state index in [2.05, 4.69) is 26.6 Å². The van der Waals surface area contributed by atoms with Gasteiger partial charge in [-0.1, -0.05) is 18.1 Å². The van der Waals surface area contributed by atoms with Crippen LogP contribution in [0, 0.1) is 12.3 Å². The van der Waals surface area contributed by atoms with Gasteiger partial charge in [0.25, 0.3) is 0 Å². The molecule has 0 fully saturated rings. The maximum absolute atomic E-state index is 5.24. The third kappa shape index (κ3) is 5.41. The van der Waals surface area contributed by atoms with Crippen LogP contribution in [0.5, 0.6) is 0 Å². The van der Waals surface area contributed by atoms with Crippen LogP contribution in [0.2, 0.25) is 0 Å². The molecule has 1 aromatic carbocycles. The van der Waals surface area contributed by atoms with Crippen molar-refractivity contribution in [1.29, 1.82) is 0 Å². The Hall–Kier alpha value is -2.01. The first kappa shape index (κ1) is 18.0. The number of rotatable bonds is 5. The van der Waals surface area contributed by atoms with Crippen LogP contribution in [0.15, 0.2) is 47.7 Å². The van der Waals surface area contributed by atoms with Gasteiger partial charge in [0, 0.05) is 18.9 Å². The van der Waals surface area contributed by atoms with Gasteiger partial charge in [0.1, 0.15) is 0 Å². The molecule has 0 aliphatic rings. The van der Waals surface area contributed by atoms with Crippen LogP contribution >= 0.6 is 24.0 Å². The fraction of sp³-hybridized carbons (Fsp3) is 0.250. The van der Waals surface area contributed by atoms with Crippen molar-refractivity contribution in [2.24, 2.45) is 4.99 Å². The number of aliphatic imine (C=N–C) groups is 1. The number of hydrogen-bond acceptors (Lipinski definition) is 2. The van der Waals surface area contributed by atoms with Crippen molar-refractivity contribution in [2.75, 3.05) is 13.1 Å². The minimum atomic E-state index is 0. The molecule has 116 valence electrons. The molecule has 0 spiro atoms. The Kier molecular flexibility index (Phi) is 8.07. The minimum absolute atomic E-state index is 0. The van der Waals surface area contributed by atoms with E-state index in [-0.39, 0.29) is 24.0 Å². The second-order valence-electron chi connectivity index (χ2n) is 4.37. The average Bonchev–Trinajstić information content (AvgIpc) is 3.05. The SMILES string of the molecule is C#CCNC(=NCc1ccc(-n2cccn2)cc1)NCC.I. The van der Waals surface area contributed by atoms with Crippen molar-refractivity contribution in [2.45, 2.75) is 13.5 Å². The Morgan fingerprint density at radius 3 is 2.68 bits per heavy atom. The summed E-state index contributed by atoms with van der Waals surface area (Å²) in [5, 5.41) is 10.4. The van der Waals surface area contributed by atoms with Crippen LogP contribution in [0.4, 0.5) is 0 Å². The smallest absolute Gasteiger partial charge is 0.192 e. The Labute approximate surface area is 148 Å². The summed E-state index contributed by atoms with van der Waals surface area (Å²) in [4.78, 5) is 4.49. The number of nitrogens with zero attached hydrogens (tertiary/aromatic N) is 3. The van der Waals surface area contributed by atoms with Crippen LogP contribution in [0.3, 0.4) is 0 Å². The maximum Gasteiger partial charge on any atom is 0.192 e. The molecule has 0 saturated carbocycles. The van der Waals surface area contributed by atoms with Gasteiger partial charge in [0.15, 0.2) is 5.96 Å². The van der Waals surface area contributed by atoms with Gasteiger partial charge in [-0.25, -0.2) is 9.67 Å². The summed E-state index contributed by atoms with van der Waals surface area (Å²) in [6.07, 6.45) is 8.92. The highest BCUT2D eigenvalue weighted by molar-refractivity contribution is 14.0. The molecule has 0 bridgehead atoms. The Morgan fingerprint density at radius 2 is 2.09 bits per heavy atom. The maximum atomic E-state index is 5.24. The minimum Gasteiger partial charge on any atom is -0.357 e. The molecule has 0 aliphatic heterocycles. The number of aromatic nitrogens is 2. The molecule has 2 rings (SSSR count). The van der Waals surface area contributed by atoms with Crippen molar-refractivity contribution in [1.82, 2.24) is 20.4 Å². The van der Waals surface area contributed by atoms with E-state index >= 15 is 0 Å². The molecular weight excluding hydrogens is 389 g/mol. The van der Waals surface area contributed by atoms with Crippen LogP contribution in [0.1, 0.15) is 12.5 Å². The summed E-state index contributed by atoms with van der Waals surface area (Å²) in [7, 11) is 0. The van der Waals surface area contributed by atoms with Crippen molar-refractivity contribution in [3.05, 3.63) is 48.3 Å². The molecule has 0 radical (unpaired) electrons. The highest BCUT2D eigenvalue weighted by Gasteiger charge is 1.98. The van der Waals surface area contributed by atoms with Gasteiger partial charge < -0.3 is 10.6 Å². The molecular formula is C16H20IN5. The number of hydrogen-bond donors (Lipinski definition) is 2. The number of terminal acetylenes is 1. The molecule has 0 unspecified atom stereocenters. The predicted octanol–water partition coefficient (Wildman–Crippen LogP) is 2.18. The van der Waals surface area contributed by atoms with Crippen LogP contribution in [-0.2, 0) is 6.54 Å². The van der Waals surface area contributed by atoms with Crippen molar-refractivity contribution in [3.63, 3.8) is 0 Å². The lowest BCUT2D eigenvalue weighted by Crippen LogP contribution is -2.37. The second kappa shape index (κ2) is 9.84. The first-order valence-electron chi connectivity index (χ1n) is 6.88. The van der Waals surface area contributed by atoms with E-state index in [4.69, 9.17) is 6.42 Å². The molecule has 0 aliphatic carbocycles. The predicted molar refractivity (Wildman–Crippen MR) is 101 cm³/mol. The Morgan fingerprint density at radius 1 is 1.32 bits per heavy atom. The average molecular weight is 409 g/mol. The summed E-state index contributed by atoms with van der Waals surface area (Å²) in [6.45, 7) is 3.88. The fourth-order valence-corrected chi connectivity index (χ4v) is 1.82. The summed E-state index contributed by atoms with van der Waals surface area (Å²) in [5.41, 5.74) is 2.16. The zero-order valence-electron chi connectivity index (χ0n) is 12.5. The van der Waals surface area contributed by atoms with Gasteiger partial charge in [-0.2, -0.15) is 5.10 Å². The Balaban J connectivity index is 0.00000242. The molecule has 0 saturated heterocycles. The molecule has 2 aromatic rings. The largest absolute Gasteiger partial charge is 0.357 e. The van der Waals surface area contributed by atoms with Crippen molar-refractivity contribution < 1.29 is 0 Å². The van der Waals surface area contributed by atoms with E-state index in [0.717, 1.165) is 23.8 Å². The zero-order valence-corrected chi connectivity index (χ0v) is 14.8. The van der Waals surface area contributed by atoms with E-state index < -0.39 is 0 Å². The second-order valence-corrected chi connectivity index (χ2v) is 4.37. The Bertz CT molecular complexity index is 611. The molecule has 6 heteroatoms. The summed E-state index contributed by atoms with van der Waals surface area (Å²) in [6, 6.07) is 10.0. The van der Waals surface area contributed by atoms with Gasteiger partial charge in [0.05, 0.1) is 18.8 Å². The molecule has 1 aromatic heterocycles. The van der Waals surface area contributed by atoms with Gasteiger partial charge in [-0.3, -0.25) is 0 Å². The van der Waals surface area contributed by atoms with Gasteiger partial charge in [-0.15, -0.1) is 30.4 Å². The van der Waals surface area contributed by atoms with Gasteiger partial charge in [0.2, 0.25) is 0 Å². The standard InChI is InChI=1S/C16H19N5.HI/c1-3-10-18-16(17-4-2)19-13-14-6-8-15(9-7-14)21-12-5-11-20-21;/h1,5-9,11-12H,4,10,13H2,2H3,(H2,17,18,19);1H. The normalized spacial score (nSPS) is 10.5. The number of benzene rings is 1. The lowest BCUT2D eigenvalue weighted by molar-refractivity contribution is 0.862. The number of nitrogens with one attached hydrogen (secondary N) is 2. The van der Waals surface area contributed by atoms with E-state index in [0.29, 0.717) is 13.1 Å². The molecule has 0 amide bonds. The molecule has 22 heavy (non-hydrogen) atoms. The zero-order chi connectivity index (χ0) is 14.9. The van der Waals surface area contributed by atoms with Gasteiger partial charge >= 0.3 is 0 Å². The quantitative estimate of drug-likeness (QED) is 0.345. The van der Waals surface area contributed by atoms with E-state index in [9.17, 15) is 0 Å². The monoisotopic (exact) mass is 409 g/mol. The van der Waals surface area contributed by atoms with E-state index in [1.165, 1.54) is 0 Å². The molecule has 0 atom stereocenters. The first-order valence-corrected chi connectivity index (χ1v) is 6.88.